The normalized spacial score (nSPS) is 12.3. The SMILES string of the molecule is Cc1ncccc1-c1ccc2cc(OCC(O)CF)ccc2n1. The summed E-state index contributed by atoms with van der Waals surface area (Å²) in [6, 6.07) is 13.2. The summed E-state index contributed by atoms with van der Waals surface area (Å²) in [6.07, 6.45) is 0.662. The highest BCUT2D eigenvalue weighted by atomic mass is 19.1. The first kappa shape index (κ1) is 15.4. The molecule has 1 N–H and O–H groups in total. The number of benzene rings is 1. The number of halogens is 1. The molecule has 1 atom stereocenters. The van der Waals surface area contributed by atoms with Gasteiger partial charge in [-0.05, 0) is 43.3 Å². The lowest BCUT2D eigenvalue weighted by Crippen LogP contribution is -2.19. The molecular weight excluding hydrogens is 295 g/mol. The molecule has 0 aliphatic rings. The van der Waals surface area contributed by atoms with Gasteiger partial charge in [-0.1, -0.05) is 6.07 Å². The molecule has 1 aromatic carbocycles. The van der Waals surface area contributed by atoms with E-state index in [1.165, 1.54) is 0 Å². The largest absolute Gasteiger partial charge is 0.491 e. The van der Waals surface area contributed by atoms with Crippen LogP contribution < -0.4 is 4.74 Å². The Bertz CT molecular complexity index is 823. The van der Waals surface area contributed by atoms with E-state index in [1.54, 1.807) is 12.3 Å². The molecule has 0 saturated heterocycles. The third-order valence-electron chi connectivity index (χ3n) is 3.56. The second kappa shape index (κ2) is 6.71. The van der Waals surface area contributed by atoms with E-state index in [0.717, 1.165) is 27.9 Å². The minimum atomic E-state index is -1.10. The maximum Gasteiger partial charge on any atom is 0.120 e. The number of pyridine rings is 2. The number of rotatable bonds is 5. The third kappa shape index (κ3) is 3.46. The van der Waals surface area contributed by atoms with Gasteiger partial charge in [-0.3, -0.25) is 4.98 Å². The van der Waals surface area contributed by atoms with Crippen molar-refractivity contribution < 1.29 is 14.2 Å². The molecule has 1 unspecified atom stereocenters. The number of fused-ring (bicyclic) bond motifs is 1. The van der Waals surface area contributed by atoms with Crippen molar-refractivity contribution in [2.45, 2.75) is 13.0 Å². The van der Waals surface area contributed by atoms with Gasteiger partial charge in [0.15, 0.2) is 0 Å². The van der Waals surface area contributed by atoms with E-state index in [1.807, 2.05) is 43.3 Å². The average Bonchev–Trinajstić information content (AvgIpc) is 2.59. The van der Waals surface area contributed by atoms with Crippen molar-refractivity contribution in [1.29, 1.82) is 0 Å². The molecule has 2 aromatic heterocycles. The van der Waals surface area contributed by atoms with Crippen LogP contribution in [0.4, 0.5) is 4.39 Å². The third-order valence-corrected chi connectivity index (χ3v) is 3.56. The van der Waals surface area contributed by atoms with Gasteiger partial charge in [0, 0.05) is 22.8 Å². The number of nitrogens with zero attached hydrogens (tertiary/aromatic N) is 2. The first-order valence-electron chi connectivity index (χ1n) is 7.37. The fraction of sp³-hybridized carbons (Fsp3) is 0.222. The molecule has 5 heteroatoms. The summed E-state index contributed by atoms with van der Waals surface area (Å²) in [5.41, 5.74) is 3.63. The van der Waals surface area contributed by atoms with Crippen LogP contribution >= 0.6 is 0 Å². The Morgan fingerprint density at radius 1 is 1.22 bits per heavy atom. The maximum absolute atomic E-state index is 12.2. The summed E-state index contributed by atoms with van der Waals surface area (Å²) >= 11 is 0. The van der Waals surface area contributed by atoms with Crippen LogP contribution in [0.3, 0.4) is 0 Å². The standard InChI is InChI=1S/C18H17FN2O2/c1-12-16(3-2-8-20-12)18-6-4-13-9-15(5-7-17(13)21-18)23-11-14(22)10-19/h2-9,14,22H,10-11H2,1H3. The van der Waals surface area contributed by atoms with Gasteiger partial charge in [0.05, 0.1) is 11.2 Å². The van der Waals surface area contributed by atoms with Crippen LogP contribution in [-0.4, -0.2) is 34.5 Å². The highest BCUT2D eigenvalue weighted by Crippen LogP contribution is 2.25. The Kier molecular flexibility index (Phi) is 4.48. The Morgan fingerprint density at radius 3 is 2.87 bits per heavy atom. The van der Waals surface area contributed by atoms with Crippen LogP contribution in [0, 0.1) is 6.92 Å². The van der Waals surface area contributed by atoms with E-state index in [-0.39, 0.29) is 6.61 Å². The Hall–Kier alpha value is -2.53. The predicted octanol–water partition coefficient (Wildman–Crippen LogP) is 3.31. The van der Waals surface area contributed by atoms with Gasteiger partial charge in [0.25, 0.3) is 0 Å². The number of hydrogen-bond donors (Lipinski definition) is 1. The quantitative estimate of drug-likeness (QED) is 0.785. The number of hydrogen-bond acceptors (Lipinski definition) is 4. The zero-order valence-electron chi connectivity index (χ0n) is 12.7. The van der Waals surface area contributed by atoms with Gasteiger partial charge in [-0.15, -0.1) is 0 Å². The summed E-state index contributed by atoms with van der Waals surface area (Å²) in [5.74, 6) is 0.581. The minimum Gasteiger partial charge on any atom is -0.491 e. The monoisotopic (exact) mass is 312 g/mol. The fourth-order valence-corrected chi connectivity index (χ4v) is 2.34. The number of aliphatic hydroxyl groups excluding tert-OH is 1. The van der Waals surface area contributed by atoms with Crippen molar-refractivity contribution in [1.82, 2.24) is 9.97 Å². The molecule has 3 rings (SSSR count). The van der Waals surface area contributed by atoms with Crippen LogP contribution in [0.25, 0.3) is 22.2 Å². The number of aryl methyl sites for hydroxylation is 1. The van der Waals surface area contributed by atoms with E-state index < -0.39 is 12.8 Å². The van der Waals surface area contributed by atoms with Crippen LogP contribution in [0.5, 0.6) is 5.75 Å². The van der Waals surface area contributed by atoms with Crippen molar-refractivity contribution >= 4 is 10.9 Å². The first-order valence-corrected chi connectivity index (χ1v) is 7.37. The van der Waals surface area contributed by atoms with Gasteiger partial charge in [-0.25, -0.2) is 9.37 Å². The van der Waals surface area contributed by atoms with Crippen molar-refractivity contribution in [3.8, 4) is 17.0 Å². The van der Waals surface area contributed by atoms with E-state index in [4.69, 9.17) is 4.74 Å². The van der Waals surface area contributed by atoms with Crippen molar-refractivity contribution in [3.05, 3.63) is 54.4 Å². The van der Waals surface area contributed by atoms with Gasteiger partial charge in [0.1, 0.15) is 25.1 Å². The molecule has 0 bridgehead atoms. The zero-order valence-corrected chi connectivity index (χ0v) is 12.7. The van der Waals surface area contributed by atoms with Crippen LogP contribution in [-0.2, 0) is 0 Å². The molecule has 0 spiro atoms. The van der Waals surface area contributed by atoms with Gasteiger partial charge in [0.2, 0.25) is 0 Å². The molecule has 0 fully saturated rings. The Balaban J connectivity index is 1.89. The smallest absolute Gasteiger partial charge is 0.120 e. The molecule has 0 aliphatic carbocycles. The molecule has 0 aliphatic heterocycles. The highest BCUT2D eigenvalue weighted by Gasteiger charge is 2.07. The molecule has 2 heterocycles. The molecule has 0 saturated carbocycles. The minimum absolute atomic E-state index is 0.0671. The topological polar surface area (TPSA) is 55.2 Å². The number of ether oxygens (including phenoxy) is 1. The van der Waals surface area contributed by atoms with E-state index in [9.17, 15) is 9.50 Å². The molecule has 118 valence electrons. The number of aliphatic hydroxyl groups is 1. The number of alkyl halides is 1. The van der Waals surface area contributed by atoms with Gasteiger partial charge >= 0.3 is 0 Å². The van der Waals surface area contributed by atoms with Crippen molar-refractivity contribution in [3.63, 3.8) is 0 Å². The fourth-order valence-electron chi connectivity index (χ4n) is 2.34. The predicted molar refractivity (Wildman–Crippen MR) is 87.2 cm³/mol. The van der Waals surface area contributed by atoms with Crippen molar-refractivity contribution in [2.75, 3.05) is 13.3 Å². The molecule has 0 radical (unpaired) electrons. The average molecular weight is 312 g/mol. The summed E-state index contributed by atoms with van der Waals surface area (Å²) in [4.78, 5) is 8.94. The summed E-state index contributed by atoms with van der Waals surface area (Å²) < 4.78 is 17.6. The Labute approximate surface area is 133 Å². The molecular formula is C18H17FN2O2. The van der Waals surface area contributed by atoms with E-state index >= 15 is 0 Å². The second-order valence-corrected chi connectivity index (χ2v) is 5.31. The van der Waals surface area contributed by atoms with Crippen molar-refractivity contribution in [2.24, 2.45) is 0 Å². The maximum atomic E-state index is 12.2. The molecule has 3 aromatic rings. The van der Waals surface area contributed by atoms with E-state index in [2.05, 4.69) is 9.97 Å². The lowest BCUT2D eigenvalue weighted by atomic mass is 10.1. The first-order chi connectivity index (χ1) is 11.2. The lowest BCUT2D eigenvalue weighted by Gasteiger charge is -2.10. The molecule has 0 amide bonds. The van der Waals surface area contributed by atoms with Crippen LogP contribution in [0.2, 0.25) is 0 Å². The summed E-state index contributed by atoms with van der Waals surface area (Å²) in [7, 11) is 0. The van der Waals surface area contributed by atoms with Crippen LogP contribution in [0.15, 0.2) is 48.7 Å². The number of aromatic nitrogens is 2. The van der Waals surface area contributed by atoms with Crippen LogP contribution in [0.1, 0.15) is 5.69 Å². The van der Waals surface area contributed by atoms with Gasteiger partial charge < -0.3 is 9.84 Å². The summed E-state index contributed by atoms with van der Waals surface area (Å²) in [6.45, 7) is 1.07. The zero-order chi connectivity index (χ0) is 16.2. The summed E-state index contributed by atoms with van der Waals surface area (Å²) in [5, 5.41) is 10.1. The lowest BCUT2D eigenvalue weighted by molar-refractivity contribution is 0.0842. The second-order valence-electron chi connectivity index (χ2n) is 5.31. The van der Waals surface area contributed by atoms with Gasteiger partial charge in [-0.2, -0.15) is 0 Å². The highest BCUT2D eigenvalue weighted by molar-refractivity contribution is 5.83. The Morgan fingerprint density at radius 2 is 2.09 bits per heavy atom. The van der Waals surface area contributed by atoms with E-state index in [0.29, 0.717) is 5.75 Å². The molecule has 23 heavy (non-hydrogen) atoms. The molecule has 4 nitrogen and oxygen atoms in total.